The molecule has 0 atom stereocenters. The molecule has 5 heteroatoms. The number of nitrogens with zero attached hydrogens (tertiary/aromatic N) is 1. The molecule has 0 aliphatic carbocycles. The van der Waals surface area contributed by atoms with E-state index in [0.717, 1.165) is 0 Å². The quantitative estimate of drug-likeness (QED) is 0.663. The van der Waals surface area contributed by atoms with Crippen molar-refractivity contribution in [3.8, 4) is 11.5 Å². The van der Waals surface area contributed by atoms with Crippen LogP contribution in [0.1, 0.15) is 10.4 Å². The Morgan fingerprint density at radius 1 is 1.31 bits per heavy atom. The average molecular weight is 222 g/mol. The Morgan fingerprint density at radius 3 is 2.38 bits per heavy atom. The van der Waals surface area contributed by atoms with Crippen LogP contribution in [-0.2, 0) is 0 Å². The molecule has 0 unspecified atom stereocenters. The van der Waals surface area contributed by atoms with Gasteiger partial charge >= 0.3 is 0 Å². The Balaban J connectivity index is 2.10. The van der Waals surface area contributed by atoms with Crippen molar-refractivity contribution in [1.29, 1.82) is 0 Å². The van der Waals surface area contributed by atoms with Crippen LogP contribution in [0.5, 0.6) is 11.5 Å². The fourth-order valence-corrected chi connectivity index (χ4v) is 1.79. The van der Waals surface area contributed by atoms with Gasteiger partial charge in [0.15, 0.2) is 0 Å². The molecule has 1 heterocycles. The molecule has 0 bridgehead atoms. The van der Waals surface area contributed by atoms with E-state index in [1.54, 1.807) is 4.90 Å². The van der Waals surface area contributed by atoms with E-state index in [1.807, 2.05) is 0 Å². The number of hydrogen-bond donors (Lipinski definition) is 3. The third-order valence-corrected chi connectivity index (χ3v) is 2.73. The van der Waals surface area contributed by atoms with Gasteiger partial charge in [-0.15, -0.1) is 0 Å². The second-order valence-electron chi connectivity index (χ2n) is 4.05. The number of rotatable bonds is 2. The van der Waals surface area contributed by atoms with Gasteiger partial charge < -0.3 is 20.8 Å². The third kappa shape index (κ3) is 1.94. The lowest BCUT2D eigenvalue weighted by Gasteiger charge is -2.38. The van der Waals surface area contributed by atoms with Gasteiger partial charge in [-0.1, -0.05) is 0 Å². The van der Waals surface area contributed by atoms with Crippen molar-refractivity contribution >= 4 is 5.91 Å². The predicted molar refractivity (Wildman–Crippen MR) is 58.2 cm³/mol. The van der Waals surface area contributed by atoms with E-state index >= 15 is 0 Å². The number of hydrogen-bond acceptors (Lipinski definition) is 4. The molecule has 0 saturated carbocycles. The molecule has 2 rings (SSSR count). The summed E-state index contributed by atoms with van der Waals surface area (Å²) in [6.07, 6.45) is 0. The molecule has 1 aromatic carbocycles. The van der Waals surface area contributed by atoms with E-state index in [0.29, 0.717) is 31.1 Å². The summed E-state index contributed by atoms with van der Waals surface area (Å²) in [6.45, 7) is 1.87. The second-order valence-corrected chi connectivity index (χ2v) is 4.05. The molecule has 86 valence electrons. The Labute approximate surface area is 93.1 Å². The Bertz CT molecular complexity index is 393. The first-order valence-corrected chi connectivity index (χ1v) is 5.12. The van der Waals surface area contributed by atoms with Crippen LogP contribution in [-0.4, -0.2) is 40.7 Å². The second kappa shape index (κ2) is 4.02. The van der Waals surface area contributed by atoms with Crippen molar-refractivity contribution in [1.82, 2.24) is 4.90 Å². The maximum Gasteiger partial charge on any atom is 0.254 e. The number of nitrogens with two attached hydrogens (primary N) is 1. The normalized spacial score (nSPS) is 15.9. The number of likely N-dealkylation sites (tertiary alicyclic amines) is 1. The summed E-state index contributed by atoms with van der Waals surface area (Å²) in [5, 5.41) is 18.5. The zero-order chi connectivity index (χ0) is 11.7. The van der Waals surface area contributed by atoms with Crippen LogP contribution >= 0.6 is 0 Å². The molecule has 0 radical (unpaired) electrons. The number of amides is 1. The van der Waals surface area contributed by atoms with Crippen LogP contribution in [0, 0.1) is 5.92 Å². The van der Waals surface area contributed by atoms with Gasteiger partial charge in [0.1, 0.15) is 11.5 Å². The summed E-state index contributed by atoms with van der Waals surface area (Å²) >= 11 is 0. The maximum absolute atomic E-state index is 11.9. The summed E-state index contributed by atoms with van der Waals surface area (Å²) in [7, 11) is 0. The smallest absolute Gasteiger partial charge is 0.254 e. The Hall–Kier alpha value is -1.75. The maximum atomic E-state index is 11.9. The van der Waals surface area contributed by atoms with Crippen molar-refractivity contribution in [2.24, 2.45) is 11.7 Å². The standard InChI is InChI=1S/C11H14N2O3/c12-4-7-5-13(6-7)11(16)8-1-9(14)3-10(15)2-8/h1-3,7,14-15H,4-6,12H2. The van der Waals surface area contributed by atoms with Gasteiger partial charge in [0, 0.05) is 30.6 Å². The van der Waals surface area contributed by atoms with Crippen LogP contribution in [0.15, 0.2) is 18.2 Å². The first kappa shape index (κ1) is 10.8. The lowest BCUT2D eigenvalue weighted by atomic mass is 9.99. The highest BCUT2D eigenvalue weighted by atomic mass is 16.3. The molecule has 1 aromatic rings. The summed E-state index contributed by atoms with van der Waals surface area (Å²) in [4.78, 5) is 13.5. The van der Waals surface area contributed by atoms with E-state index in [9.17, 15) is 15.0 Å². The first-order chi connectivity index (χ1) is 7.60. The van der Waals surface area contributed by atoms with Gasteiger partial charge in [-0.2, -0.15) is 0 Å². The Morgan fingerprint density at radius 2 is 1.88 bits per heavy atom. The summed E-state index contributed by atoms with van der Waals surface area (Å²) in [5.41, 5.74) is 5.76. The average Bonchev–Trinajstić information content (AvgIpc) is 2.14. The van der Waals surface area contributed by atoms with Crippen molar-refractivity contribution in [2.75, 3.05) is 19.6 Å². The van der Waals surface area contributed by atoms with Crippen LogP contribution in [0.2, 0.25) is 0 Å². The van der Waals surface area contributed by atoms with E-state index in [1.165, 1.54) is 18.2 Å². The minimum Gasteiger partial charge on any atom is -0.508 e. The SMILES string of the molecule is NCC1CN(C(=O)c2cc(O)cc(O)c2)C1. The number of aromatic hydroxyl groups is 2. The van der Waals surface area contributed by atoms with Gasteiger partial charge in [0.2, 0.25) is 0 Å². The Kier molecular flexibility index (Phi) is 2.70. The van der Waals surface area contributed by atoms with Crippen molar-refractivity contribution in [3.63, 3.8) is 0 Å². The summed E-state index contributed by atoms with van der Waals surface area (Å²) in [5.74, 6) is -0.0377. The van der Waals surface area contributed by atoms with Crippen LogP contribution in [0.4, 0.5) is 0 Å². The highest BCUT2D eigenvalue weighted by molar-refractivity contribution is 5.95. The van der Waals surface area contributed by atoms with Gasteiger partial charge in [-0.3, -0.25) is 4.79 Å². The van der Waals surface area contributed by atoms with E-state index < -0.39 is 0 Å². The molecular weight excluding hydrogens is 208 g/mol. The molecule has 1 amide bonds. The van der Waals surface area contributed by atoms with Crippen LogP contribution in [0.3, 0.4) is 0 Å². The number of benzene rings is 1. The molecule has 16 heavy (non-hydrogen) atoms. The van der Waals surface area contributed by atoms with Crippen molar-refractivity contribution in [3.05, 3.63) is 23.8 Å². The molecule has 5 nitrogen and oxygen atoms in total. The summed E-state index contributed by atoms with van der Waals surface area (Å²) < 4.78 is 0. The van der Waals surface area contributed by atoms with E-state index in [-0.39, 0.29) is 17.4 Å². The van der Waals surface area contributed by atoms with Crippen LogP contribution in [0.25, 0.3) is 0 Å². The molecule has 1 aliphatic rings. The van der Waals surface area contributed by atoms with E-state index in [2.05, 4.69) is 0 Å². The first-order valence-electron chi connectivity index (χ1n) is 5.12. The molecule has 4 N–H and O–H groups in total. The number of phenolic OH excluding ortho intramolecular Hbond substituents is 2. The van der Waals surface area contributed by atoms with Gasteiger partial charge in [0.25, 0.3) is 5.91 Å². The molecule has 1 aliphatic heterocycles. The minimum atomic E-state index is -0.184. The number of phenols is 2. The largest absolute Gasteiger partial charge is 0.508 e. The monoisotopic (exact) mass is 222 g/mol. The van der Waals surface area contributed by atoms with Gasteiger partial charge in [0.05, 0.1) is 0 Å². The molecule has 1 saturated heterocycles. The van der Waals surface area contributed by atoms with Crippen molar-refractivity contribution in [2.45, 2.75) is 0 Å². The summed E-state index contributed by atoms with van der Waals surface area (Å²) in [6, 6.07) is 3.88. The highest BCUT2D eigenvalue weighted by Gasteiger charge is 2.30. The zero-order valence-electron chi connectivity index (χ0n) is 8.76. The number of carbonyl (C=O) groups is 1. The van der Waals surface area contributed by atoms with Crippen LogP contribution < -0.4 is 5.73 Å². The molecule has 1 fully saturated rings. The topological polar surface area (TPSA) is 86.8 Å². The third-order valence-electron chi connectivity index (χ3n) is 2.73. The fourth-order valence-electron chi connectivity index (χ4n) is 1.79. The van der Waals surface area contributed by atoms with Gasteiger partial charge in [-0.05, 0) is 18.7 Å². The van der Waals surface area contributed by atoms with E-state index in [4.69, 9.17) is 5.73 Å². The minimum absolute atomic E-state index is 0.112. The highest BCUT2D eigenvalue weighted by Crippen LogP contribution is 2.24. The lowest BCUT2D eigenvalue weighted by Crippen LogP contribution is -2.52. The zero-order valence-corrected chi connectivity index (χ0v) is 8.76. The van der Waals surface area contributed by atoms with Gasteiger partial charge in [-0.25, -0.2) is 0 Å². The molecule has 0 spiro atoms. The lowest BCUT2D eigenvalue weighted by molar-refractivity contribution is 0.0514. The van der Waals surface area contributed by atoms with Crippen molar-refractivity contribution < 1.29 is 15.0 Å². The molecular formula is C11H14N2O3. The fraction of sp³-hybridized carbons (Fsp3) is 0.364. The molecule has 0 aromatic heterocycles. The predicted octanol–water partition coefficient (Wildman–Crippen LogP) is 0.129. The number of carbonyl (C=O) groups excluding carboxylic acids is 1.